The van der Waals surface area contributed by atoms with Gasteiger partial charge in [0.25, 0.3) is 0 Å². The lowest BCUT2D eigenvalue weighted by Crippen LogP contribution is -2.40. The lowest BCUT2D eigenvalue weighted by Gasteiger charge is -2.42. The van der Waals surface area contributed by atoms with Crippen molar-refractivity contribution in [3.05, 3.63) is 71.8 Å². The maximum atomic E-state index is 11.2. The van der Waals surface area contributed by atoms with Gasteiger partial charge in [0.05, 0.1) is 0 Å². The Kier molecular flexibility index (Phi) is 7.28. The van der Waals surface area contributed by atoms with Gasteiger partial charge in [0.2, 0.25) is 5.91 Å². The summed E-state index contributed by atoms with van der Waals surface area (Å²) in [6.07, 6.45) is 3.44. The molecule has 0 fully saturated rings. The molecule has 0 aromatic heterocycles. The summed E-state index contributed by atoms with van der Waals surface area (Å²) in [6, 6.07) is 21.5. The van der Waals surface area contributed by atoms with Crippen LogP contribution in [-0.4, -0.2) is 37.7 Å². The Hall–Kier alpha value is -2.26. The quantitative estimate of drug-likeness (QED) is 0.653. The maximum Gasteiger partial charge on any atom is 0.242 e. The first-order valence-electron chi connectivity index (χ1n) is 9.25. The molecule has 0 aliphatic rings. The Balaban J connectivity index is 2.53. The third-order valence-electron chi connectivity index (χ3n) is 5.00. The molecule has 26 heavy (non-hydrogen) atoms. The normalized spacial score (nSPS) is 13.3. The third-order valence-corrected chi connectivity index (χ3v) is 5.00. The average Bonchev–Trinajstić information content (AvgIpc) is 2.62. The molecule has 0 aliphatic heterocycles. The Morgan fingerprint density at radius 2 is 1.54 bits per heavy atom. The summed E-state index contributed by atoms with van der Waals surface area (Å²) in [7, 11) is 4.24. The molecule has 0 radical (unpaired) electrons. The van der Waals surface area contributed by atoms with Crippen molar-refractivity contribution in [2.24, 2.45) is 10.9 Å². The van der Waals surface area contributed by atoms with Gasteiger partial charge >= 0.3 is 0 Å². The summed E-state index contributed by atoms with van der Waals surface area (Å²) in [6.45, 7) is 4.79. The van der Waals surface area contributed by atoms with Crippen molar-refractivity contribution in [2.75, 3.05) is 20.6 Å². The molecule has 138 valence electrons. The van der Waals surface area contributed by atoms with E-state index in [1.54, 1.807) is 6.21 Å². The number of hydrogen-bond donors (Lipinski definition) is 0. The third kappa shape index (κ3) is 4.89. The van der Waals surface area contributed by atoms with E-state index >= 15 is 0 Å². The van der Waals surface area contributed by atoms with Gasteiger partial charge in [-0.05, 0) is 44.0 Å². The first-order chi connectivity index (χ1) is 12.5. The van der Waals surface area contributed by atoms with Crippen LogP contribution in [0.3, 0.4) is 0 Å². The van der Waals surface area contributed by atoms with E-state index in [0.29, 0.717) is 5.92 Å². The number of hydrogen-bond acceptors (Lipinski definition) is 2. The van der Waals surface area contributed by atoms with Crippen LogP contribution >= 0.6 is 0 Å². The Morgan fingerprint density at radius 3 is 1.96 bits per heavy atom. The van der Waals surface area contributed by atoms with Crippen molar-refractivity contribution in [3.8, 4) is 0 Å². The summed E-state index contributed by atoms with van der Waals surface area (Å²) in [4.78, 5) is 17.4. The molecule has 0 spiro atoms. The predicted octanol–water partition coefficient (Wildman–Crippen LogP) is 4.57. The highest BCUT2D eigenvalue weighted by molar-refractivity contribution is 5.82. The zero-order valence-corrected chi connectivity index (χ0v) is 16.4. The van der Waals surface area contributed by atoms with Crippen molar-refractivity contribution in [2.45, 2.75) is 32.1 Å². The van der Waals surface area contributed by atoms with Crippen molar-refractivity contribution in [3.63, 3.8) is 0 Å². The van der Waals surface area contributed by atoms with Crippen LogP contribution in [0.1, 0.15) is 37.8 Å². The highest BCUT2D eigenvalue weighted by Gasteiger charge is 2.39. The van der Waals surface area contributed by atoms with Crippen LogP contribution < -0.4 is 0 Å². The lowest BCUT2D eigenvalue weighted by atomic mass is 9.63. The molecular formula is C23H30N2O. The molecule has 0 heterocycles. The summed E-state index contributed by atoms with van der Waals surface area (Å²) in [5, 5.41) is 0. The van der Waals surface area contributed by atoms with Gasteiger partial charge in [0.1, 0.15) is 0 Å². The van der Waals surface area contributed by atoms with Gasteiger partial charge in [-0.25, -0.2) is 4.99 Å². The minimum Gasteiger partial charge on any atom is -0.309 e. The molecular weight excluding hydrogens is 320 g/mol. The molecule has 0 N–H and O–H groups in total. The van der Waals surface area contributed by atoms with E-state index in [9.17, 15) is 4.79 Å². The molecule has 3 nitrogen and oxygen atoms in total. The van der Waals surface area contributed by atoms with E-state index in [-0.39, 0.29) is 11.3 Å². The molecule has 3 heteroatoms. The van der Waals surface area contributed by atoms with Gasteiger partial charge in [0.15, 0.2) is 0 Å². The van der Waals surface area contributed by atoms with Gasteiger partial charge in [-0.15, -0.1) is 0 Å². The molecule has 1 unspecified atom stereocenters. The summed E-state index contributed by atoms with van der Waals surface area (Å²) >= 11 is 0. The standard InChI is InChI=1S/C23H30N2O/c1-19(18-25(3)4)23(16-11-17-24-20(2)26,21-12-7-5-8-13-21)22-14-9-6-10-15-22/h5-10,12-15,17,19H,11,16,18H2,1-4H3. The van der Waals surface area contributed by atoms with Crippen LogP contribution in [0.2, 0.25) is 0 Å². The van der Waals surface area contributed by atoms with E-state index in [2.05, 4.69) is 91.6 Å². The average molecular weight is 351 g/mol. The fourth-order valence-electron chi connectivity index (χ4n) is 3.93. The molecule has 0 bridgehead atoms. The molecule has 2 aromatic rings. The van der Waals surface area contributed by atoms with Crippen LogP contribution in [0.25, 0.3) is 0 Å². The monoisotopic (exact) mass is 350 g/mol. The first kappa shape index (κ1) is 20.1. The van der Waals surface area contributed by atoms with Gasteiger partial charge < -0.3 is 4.90 Å². The number of carbonyl (C=O) groups is 1. The lowest BCUT2D eigenvalue weighted by molar-refractivity contribution is -0.115. The van der Waals surface area contributed by atoms with Crippen LogP contribution in [0.5, 0.6) is 0 Å². The molecule has 2 rings (SSSR count). The fourth-order valence-corrected chi connectivity index (χ4v) is 3.93. The first-order valence-corrected chi connectivity index (χ1v) is 9.25. The van der Waals surface area contributed by atoms with Crippen LogP contribution in [0.4, 0.5) is 0 Å². The Labute approximate surface area is 157 Å². The van der Waals surface area contributed by atoms with E-state index in [0.717, 1.165) is 19.4 Å². The van der Waals surface area contributed by atoms with Crippen molar-refractivity contribution >= 4 is 12.1 Å². The Bertz CT molecular complexity index is 668. The molecule has 0 saturated carbocycles. The van der Waals surface area contributed by atoms with E-state index in [1.807, 2.05) is 0 Å². The molecule has 0 saturated heterocycles. The zero-order chi connectivity index (χ0) is 19.0. The second-order valence-corrected chi connectivity index (χ2v) is 7.24. The van der Waals surface area contributed by atoms with Crippen LogP contribution in [0.15, 0.2) is 65.7 Å². The molecule has 2 aromatic carbocycles. The predicted molar refractivity (Wildman–Crippen MR) is 110 cm³/mol. The summed E-state index contributed by atoms with van der Waals surface area (Å²) < 4.78 is 0. The molecule has 1 amide bonds. The van der Waals surface area contributed by atoms with Crippen LogP contribution in [0, 0.1) is 5.92 Å². The number of aliphatic imine (C=N–C) groups is 1. The van der Waals surface area contributed by atoms with Crippen molar-refractivity contribution < 1.29 is 4.79 Å². The van der Waals surface area contributed by atoms with Gasteiger partial charge in [0, 0.05) is 25.1 Å². The maximum absolute atomic E-state index is 11.2. The smallest absolute Gasteiger partial charge is 0.242 e. The van der Waals surface area contributed by atoms with E-state index < -0.39 is 0 Å². The van der Waals surface area contributed by atoms with E-state index in [1.165, 1.54) is 18.1 Å². The summed E-state index contributed by atoms with van der Waals surface area (Å²) in [5.74, 6) is 0.254. The zero-order valence-electron chi connectivity index (χ0n) is 16.4. The minimum atomic E-state index is -0.142. The van der Waals surface area contributed by atoms with Crippen molar-refractivity contribution in [1.29, 1.82) is 0 Å². The number of benzene rings is 2. The number of carbonyl (C=O) groups excluding carboxylic acids is 1. The second-order valence-electron chi connectivity index (χ2n) is 7.24. The number of amides is 1. The van der Waals surface area contributed by atoms with Gasteiger partial charge in [-0.1, -0.05) is 67.6 Å². The largest absolute Gasteiger partial charge is 0.309 e. The topological polar surface area (TPSA) is 32.7 Å². The highest BCUT2D eigenvalue weighted by Crippen LogP contribution is 2.43. The SMILES string of the molecule is CC(=O)N=CCCC(c1ccccc1)(c1ccccc1)C(C)CN(C)C. The fraction of sp³-hybridized carbons (Fsp3) is 0.391. The second kappa shape index (κ2) is 9.44. The Morgan fingerprint density at radius 1 is 1.04 bits per heavy atom. The minimum absolute atomic E-state index is 0.129. The molecule has 1 atom stereocenters. The van der Waals surface area contributed by atoms with Crippen LogP contribution in [-0.2, 0) is 10.2 Å². The van der Waals surface area contributed by atoms with Gasteiger partial charge in [-0.2, -0.15) is 0 Å². The number of rotatable bonds is 8. The summed E-state index contributed by atoms with van der Waals surface area (Å²) in [5.41, 5.74) is 2.50. The van der Waals surface area contributed by atoms with Crippen molar-refractivity contribution in [1.82, 2.24) is 4.90 Å². The van der Waals surface area contributed by atoms with E-state index in [4.69, 9.17) is 0 Å². The number of nitrogens with zero attached hydrogens (tertiary/aromatic N) is 2. The molecule has 0 aliphatic carbocycles. The van der Waals surface area contributed by atoms with Gasteiger partial charge in [-0.3, -0.25) is 4.79 Å². The highest BCUT2D eigenvalue weighted by atomic mass is 16.1.